The third-order valence-corrected chi connectivity index (χ3v) is 2.26. The van der Waals surface area contributed by atoms with Crippen LogP contribution in [-0.4, -0.2) is 23.2 Å². The predicted octanol–water partition coefficient (Wildman–Crippen LogP) is 0.954. The smallest absolute Gasteiger partial charge is 0.264 e. The number of H-pyrrole nitrogens is 1. The van der Waals surface area contributed by atoms with Gasteiger partial charge < -0.3 is 9.72 Å². The normalized spacial score (nSPS) is 10.3. The summed E-state index contributed by atoms with van der Waals surface area (Å²) in [4.78, 5) is 17.9. The summed E-state index contributed by atoms with van der Waals surface area (Å²) in [5.41, 5.74) is -0.0814. The van der Waals surface area contributed by atoms with Crippen molar-refractivity contribution in [2.24, 2.45) is 0 Å². The van der Waals surface area contributed by atoms with Crippen molar-refractivity contribution in [1.29, 1.82) is 0 Å². The highest BCUT2D eigenvalue weighted by Gasteiger charge is 1.98. The summed E-state index contributed by atoms with van der Waals surface area (Å²) in [7, 11) is 0. The van der Waals surface area contributed by atoms with Crippen molar-refractivity contribution in [3.05, 3.63) is 25.9 Å². The average Bonchev–Trinajstić information content (AvgIpc) is 2.12. The molecule has 1 heterocycles. The van der Waals surface area contributed by atoms with Crippen molar-refractivity contribution in [3.8, 4) is 0 Å². The Hall–Kier alpha value is -0.430. The van der Waals surface area contributed by atoms with Gasteiger partial charge in [-0.1, -0.05) is 0 Å². The molecule has 0 aliphatic rings. The minimum atomic E-state index is -0.0814. The van der Waals surface area contributed by atoms with E-state index in [9.17, 15) is 4.79 Å². The van der Waals surface area contributed by atoms with Crippen LogP contribution in [0.3, 0.4) is 0 Å². The van der Waals surface area contributed by atoms with E-state index < -0.39 is 0 Å². The fourth-order valence-corrected chi connectivity index (χ4v) is 1.13. The van der Waals surface area contributed by atoms with E-state index >= 15 is 0 Å². The van der Waals surface area contributed by atoms with E-state index in [2.05, 4.69) is 9.97 Å². The number of hydrogen-bond acceptors (Lipinski definition) is 3. The van der Waals surface area contributed by atoms with Crippen LogP contribution in [0, 0.1) is 3.57 Å². The Labute approximate surface area is 89.9 Å². The molecule has 0 aliphatic heterocycles. The molecule has 0 aromatic carbocycles. The number of hydrogen-bond donors (Lipinski definition) is 1. The van der Waals surface area contributed by atoms with E-state index in [1.54, 1.807) is 6.20 Å². The molecule has 0 saturated carbocycles. The largest absolute Gasteiger partial charge is 0.381 e. The van der Waals surface area contributed by atoms with Gasteiger partial charge in [-0.15, -0.1) is 0 Å². The lowest BCUT2D eigenvalue weighted by atomic mass is 10.4. The molecule has 1 aromatic rings. The Morgan fingerprint density at radius 1 is 1.69 bits per heavy atom. The third kappa shape index (κ3) is 3.43. The van der Waals surface area contributed by atoms with E-state index in [1.165, 1.54) is 0 Å². The first-order valence-corrected chi connectivity index (χ1v) is 5.13. The molecule has 0 bridgehead atoms. The molecule has 0 amide bonds. The molecule has 72 valence electrons. The maximum atomic E-state index is 11.1. The van der Waals surface area contributed by atoms with Crippen molar-refractivity contribution in [2.75, 3.05) is 13.2 Å². The SMILES string of the molecule is CCOCCc1ncc(I)c(=O)[nH]1. The molecule has 0 saturated heterocycles. The number of aromatic amines is 1. The molecule has 0 fully saturated rings. The standard InChI is InChI=1S/C8H11IN2O2/c1-2-13-4-3-7-10-5-6(9)8(12)11-7/h5H,2-4H2,1H3,(H,10,11,12). The second kappa shape index (κ2) is 5.33. The van der Waals surface area contributed by atoms with E-state index in [-0.39, 0.29) is 5.56 Å². The number of ether oxygens (including phenoxy) is 1. The molecule has 0 atom stereocenters. The van der Waals surface area contributed by atoms with Crippen LogP contribution >= 0.6 is 22.6 Å². The first kappa shape index (κ1) is 10.6. The van der Waals surface area contributed by atoms with Gasteiger partial charge in [0.15, 0.2) is 0 Å². The highest BCUT2D eigenvalue weighted by atomic mass is 127. The fourth-order valence-electron chi connectivity index (χ4n) is 0.856. The van der Waals surface area contributed by atoms with Crippen LogP contribution in [-0.2, 0) is 11.2 Å². The van der Waals surface area contributed by atoms with E-state index in [1.807, 2.05) is 29.5 Å². The molecule has 1 rings (SSSR count). The maximum Gasteiger partial charge on any atom is 0.264 e. The summed E-state index contributed by atoms with van der Waals surface area (Å²) in [5, 5.41) is 0. The van der Waals surface area contributed by atoms with Crippen LogP contribution in [0.2, 0.25) is 0 Å². The van der Waals surface area contributed by atoms with Crippen LogP contribution in [0.5, 0.6) is 0 Å². The zero-order valence-electron chi connectivity index (χ0n) is 7.34. The summed E-state index contributed by atoms with van der Waals surface area (Å²) < 4.78 is 5.75. The lowest BCUT2D eigenvalue weighted by Crippen LogP contribution is -2.15. The number of nitrogens with zero attached hydrogens (tertiary/aromatic N) is 1. The summed E-state index contributed by atoms with van der Waals surface area (Å²) in [6.45, 7) is 3.22. The molecule has 1 aromatic heterocycles. The molecule has 0 radical (unpaired) electrons. The third-order valence-electron chi connectivity index (χ3n) is 1.50. The monoisotopic (exact) mass is 294 g/mol. The van der Waals surface area contributed by atoms with Gasteiger partial charge in [-0.2, -0.15) is 0 Å². The highest BCUT2D eigenvalue weighted by molar-refractivity contribution is 14.1. The molecule has 0 spiro atoms. The Bertz CT molecular complexity index is 324. The van der Waals surface area contributed by atoms with Crippen LogP contribution in [0.15, 0.2) is 11.0 Å². The first-order valence-electron chi connectivity index (χ1n) is 4.05. The quantitative estimate of drug-likeness (QED) is 0.664. The summed E-state index contributed by atoms with van der Waals surface area (Å²) >= 11 is 1.95. The number of rotatable bonds is 4. The van der Waals surface area contributed by atoms with Gasteiger partial charge >= 0.3 is 0 Å². The summed E-state index contributed by atoms with van der Waals surface area (Å²) in [5.74, 6) is 0.680. The van der Waals surface area contributed by atoms with Crippen LogP contribution < -0.4 is 5.56 Å². The molecule has 13 heavy (non-hydrogen) atoms. The van der Waals surface area contributed by atoms with Crippen LogP contribution in [0.1, 0.15) is 12.7 Å². The molecule has 0 aliphatic carbocycles. The Balaban J connectivity index is 2.58. The maximum absolute atomic E-state index is 11.1. The van der Waals surface area contributed by atoms with E-state index in [0.29, 0.717) is 29.0 Å². The lowest BCUT2D eigenvalue weighted by Gasteiger charge is -2.00. The zero-order valence-corrected chi connectivity index (χ0v) is 9.50. The van der Waals surface area contributed by atoms with Crippen molar-refractivity contribution in [1.82, 2.24) is 9.97 Å². The molecule has 5 heteroatoms. The van der Waals surface area contributed by atoms with Gasteiger partial charge in [-0.3, -0.25) is 4.79 Å². The van der Waals surface area contributed by atoms with Gasteiger partial charge in [0.05, 0.1) is 10.2 Å². The van der Waals surface area contributed by atoms with Gasteiger partial charge in [0, 0.05) is 19.2 Å². The number of aromatic nitrogens is 2. The topological polar surface area (TPSA) is 55.0 Å². The van der Waals surface area contributed by atoms with Gasteiger partial charge in [0.2, 0.25) is 0 Å². The summed E-state index contributed by atoms with van der Waals surface area (Å²) in [6.07, 6.45) is 2.22. The number of halogens is 1. The van der Waals surface area contributed by atoms with E-state index in [0.717, 1.165) is 0 Å². The fraction of sp³-hybridized carbons (Fsp3) is 0.500. The van der Waals surface area contributed by atoms with Crippen molar-refractivity contribution in [3.63, 3.8) is 0 Å². The van der Waals surface area contributed by atoms with Crippen molar-refractivity contribution < 1.29 is 4.74 Å². The molecule has 0 unspecified atom stereocenters. The minimum absolute atomic E-state index is 0.0814. The van der Waals surface area contributed by atoms with E-state index in [4.69, 9.17) is 4.74 Å². The Kier molecular flexibility index (Phi) is 4.37. The van der Waals surface area contributed by atoms with Crippen molar-refractivity contribution >= 4 is 22.6 Å². The predicted molar refractivity (Wildman–Crippen MR) is 57.8 cm³/mol. The molecule has 4 nitrogen and oxygen atoms in total. The average molecular weight is 294 g/mol. The second-order valence-electron chi connectivity index (χ2n) is 2.45. The highest BCUT2D eigenvalue weighted by Crippen LogP contribution is 1.94. The molecular formula is C8H11IN2O2. The Morgan fingerprint density at radius 2 is 2.46 bits per heavy atom. The van der Waals surface area contributed by atoms with Crippen molar-refractivity contribution in [2.45, 2.75) is 13.3 Å². The van der Waals surface area contributed by atoms with Gasteiger partial charge in [0.1, 0.15) is 5.82 Å². The Morgan fingerprint density at radius 3 is 3.08 bits per heavy atom. The van der Waals surface area contributed by atoms with Gasteiger partial charge in [-0.05, 0) is 29.5 Å². The lowest BCUT2D eigenvalue weighted by molar-refractivity contribution is 0.149. The van der Waals surface area contributed by atoms with Crippen LogP contribution in [0.4, 0.5) is 0 Å². The summed E-state index contributed by atoms with van der Waals surface area (Å²) in [6, 6.07) is 0. The van der Waals surface area contributed by atoms with Gasteiger partial charge in [0.25, 0.3) is 5.56 Å². The number of nitrogens with one attached hydrogen (secondary N) is 1. The first-order chi connectivity index (χ1) is 6.24. The molecule has 1 N–H and O–H groups in total. The van der Waals surface area contributed by atoms with Crippen LogP contribution in [0.25, 0.3) is 0 Å². The zero-order chi connectivity index (χ0) is 9.68. The van der Waals surface area contributed by atoms with Gasteiger partial charge in [-0.25, -0.2) is 4.98 Å². The second-order valence-corrected chi connectivity index (χ2v) is 3.62. The molecular weight excluding hydrogens is 283 g/mol. The minimum Gasteiger partial charge on any atom is -0.381 e.